The van der Waals surface area contributed by atoms with Crippen LogP contribution in [-0.2, 0) is 0 Å². The van der Waals surface area contributed by atoms with E-state index in [1.165, 1.54) is 24.8 Å². The number of halogens is 1. The number of benzene rings is 1. The SMILES string of the molecule is N/C(=N/O)c1cc(F)ccc1NC(=O)c1cncnc1. The first-order chi connectivity index (χ1) is 9.61. The third-order valence-corrected chi connectivity index (χ3v) is 2.44. The molecule has 8 heteroatoms. The molecule has 102 valence electrons. The molecule has 0 radical (unpaired) electrons. The highest BCUT2D eigenvalue weighted by Crippen LogP contribution is 2.17. The molecule has 1 amide bonds. The number of nitrogens with two attached hydrogens (primary N) is 1. The minimum Gasteiger partial charge on any atom is -0.409 e. The van der Waals surface area contributed by atoms with E-state index in [9.17, 15) is 9.18 Å². The highest BCUT2D eigenvalue weighted by Gasteiger charge is 2.13. The molecule has 0 saturated carbocycles. The van der Waals surface area contributed by atoms with E-state index in [1.807, 2.05) is 0 Å². The van der Waals surface area contributed by atoms with Crippen molar-refractivity contribution < 1.29 is 14.4 Å². The average molecular weight is 275 g/mol. The molecule has 2 aromatic rings. The first kappa shape index (κ1) is 13.4. The third kappa shape index (κ3) is 2.86. The molecule has 7 nitrogen and oxygen atoms in total. The standard InChI is InChI=1S/C12H10FN5O2/c13-8-1-2-10(9(3-8)11(14)18-20)17-12(19)7-4-15-6-16-5-7/h1-6,20H,(H2,14,18)(H,17,19). The van der Waals surface area contributed by atoms with Crippen molar-refractivity contribution in [3.63, 3.8) is 0 Å². The second kappa shape index (κ2) is 5.74. The van der Waals surface area contributed by atoms with Gasteiger partial charge in [-0.15, -0.1) is 0 Å². The lowest BCUT2D eigenvalue weighted by molar-refractivity contribution is 0.102. The van der Waals surface area contributed by atoms with Crippen LogP contribution in [-0.4, -0.2) is 26.9 Å². The predicted molar refractivity (Wildman–Crippen MR) is 68.9 cm³/mol. The molecule has 0 aliphatic carbocycles. The molecule has 0 fully saturated rings. The molecule has 1 heterocycles. The normalized spacial score (nSPS) is 11.2. The molecule has 0 unspecified atom stereocenters. The van der Waals surface area contributed by atoms with Crippen molar-refractivity contribution >= 4 is 17.4 Å². The molecule has 2 rings (SSSR count). The molecule has 0 atom stereocenters. The van der Waals surface area contributed by atoms with Gasteiger partial charge in [0.25, 0.3) is 5.91 Å². The molecule has 4 N–H and O–H groups in total. The quantitative estimate of drug-likeness (QED) is 0.334. The second-order valence-corrected chi connectivity index (χ2v) is 3.76. The molecule has 0 aliphatic heterocycles. The van der Waals surface area contributed by atoms with Crippen molar-refractivity contribution in [2.45, 2.75) is 0 Å². The Morgan fingerprint density at radius 3 is 2.70 bits per heavy atom. The van der Waals surface area contributed by atoms with E-state index in [-0.39, 0.29) is 22.6 Å². The van der Waals surface area contributed by atoms with E-state index < -0.39 is 11.7 Å². The van der Waals surface area contributed by atoms with Gasteiger partial charge in [0.1, 0.15) is 12.1 Å². The van der Waals surface area contributed by atoms with Crippen LogP contribution in [0.5, 0.6) is 0 Å². The maximum atomic E-state index is 13.2. The topological polar surface area (TPSA) is 113 Å². The van der Waals surface area contributed by atoms with Crippen LogP contribution < -0.4 is 11.1 Å². The van der Waals surface area contributed by atoms with Crippen molar-refractivity contribution in [3.8, 4) is 0 Å². The molecule has 20 heavy (non-hydrogen) atoms. The van der Waals surface area contributed by atoms with Gasteiger partial charge in [0, 0.05) is 18.0 Å². The Morgan fingerprint density at radius 2 is 2.05 bits per heavy atom. The van der Waals surface area contributed by atoms with E-state index in [0.717, 1.165) is 12.1 Å². The van der Waals surface area contributed by atoms with Gasteiger partial charge in [-0.1, -0.05) is 5.16 Å². The average Bonchev–Trinajstić information content (AvgIpc) is 2.49. The number of amidine groups is 1. The number of anilines is 1. The summed E-state index contributed by atoms with van der Waals surface area (Å²) in [5, 5.41) is 14.0. The summed E-state index contributed by atoms with van der Waals surface area (Å²) in [4.78, 5) is 19.4. The summed E-state index contributed by atoms with van der Waals surface area (Å²) >= 11 is 0. The van der Waals surface area contributed by atoms with Crippen LogP contribution in [0.2, 0.25) is 0 Å². The predicted octanol–water partition coefficient (Wildman–Crippen LogP) is 0.963. The van der Waals surface area contributed by atoms with E-state index >= 15 is 0 Å². The van der Waals surface area contributed by atoms with Gasteiger partial charge < -0.3 is 16.3 Å². The number of hydrogen-bond donors (Lipinski definition) is 3. The van der Waals surface area contributed by atoms with E-state index in [1.54, 1.807) is 0 Å². The van der Waals surface area contributed by atoms with Gasteiger partial charge in [-0.25, -0.2) is 14.4 Å². The molecule has 0 aliphatic rings. The summed E-state index contributed by atoms with van der Waals surface area (Å²) in [5.41, 5.74) is 5.93. The van der Waals surface area contributed by atoms with Crippen molar-refractivity contribution in [3.05, 3.63) is 53.9 Å². The fourth-order valence-corrected chi connectivity index (χ4v) is 1.50. The van der Waals surface area contributed by atoms with Crippen molar-refractivity contribution in [2.75, 3.05) is 5.32 Å². The minimum absolute atomic E-state index is 0.0673. The molecule has 1 aromatic heterocycles. The summed E-state index contributed by atoms with van der Waals surface area (Å²) in [7, 11) is 0. The molecular weight excluding hydrogens is 265 g/mol. The zero-order valence-electron chi connectivity index (χ0n) is 10.1. The molecule has 1 aromatic carbocycles. The van der Waals surface area contributed by atoms with Gasteiger partial charge >= 0.3 is 0 Å². The number of carbonyl (C=O) groups is 1. The Hall–Kier alpha value is -3.03. The first-order valence-electron chi connectivity index (χ1n) is 5.45. The number of carbonyl (C=O) groups excluding carboxylic acids is 1. The maximum absolute atomic E-state index is 13.2. The second-order valence-electron chi connectivity index (χ2n) is 3.76. The van der Waals surface area contributed by atoms with Crippen molar-refractivity contribution in [1.82, 2.24) is 9.97 Å². The fourth-order valence-electron chi connectivity index (χ4n) is 1.50. The van der Waals surface area contributed by atoms with Crippen LogP contribution in [0.25, 0.3) is 0 Å². The summed E-state index contributed by atoms with van der Waals surface area (Å²) < 4.78 is 13.2. The molecule has 0 bridgehead atoms. The lowest BCUT2D eigenvalue weighted by Gasteiger charge is -2.10. The molecule has 0 spiro atoms. The summed E-state index contributed by atoms with van der Waals surface area (Å²) in [6.45, 7) is 0. The van der Waals surface area contributed by atoms with E-state index in [4.69, 9.17) is 10.9 Å². The number of aromatic nitrogens is 2. The zero-order chi connectivity index (χ0) is 14.5. The maximum Gasteiger partial charge on any atom is 0.258 e. The van der Waals surface area contributed by atoms with E-state index in [0.29, 0.717) is 0 Å². The van der Waals surface area contributed by atoms with Gasteiger partial charge in [-0.05, 0) is 18.2 Å². The third-order valence-electron chi connectivity index (χ3n) is 2.44. The number of oxime groups is 1. The monoisotopic (exact) mass is 275 g/mol. The van der Waals surface area contributed by atoms with Crippen LogP contribution in [0.3, 0.4) is 0 Å². The van der Waals surface area contributed by atoms with Gasteiger partial charge in [-0.2, -0.15) is 0 Å². The summed E-state index contributed by atoms with van der Waals surface area (Å²) in [6.07, 6.45) is 3.94. The Kier molecular flexibility index (Phi) is 3.85. The Balaban J connectivity index is 2.32. The van der Waals surface area contributed by atoms with Gasteiger partial charge in [-0.3, -0.25) is 4.79 Å². The smallest absolute Gasteiger partial charge is 0.258 e. The van der Waals surface area contributed by atoms with Crippen molar-refractivity contribution in [2.24, 2.45) is 10.9 Å². The number of hydrogen-bond acceptors (Lipinski definition) is 5. The van der Waals surface area contributed by atoms with E-state index in [2.05, 4.69) is 20.4 Å². The van der Waals surface area contributed by atoms with Crippen LogP contribution in [0.1, 0.15) is 15.9 Å². The zero-order valence-corrected chi connectivity index (χ0v) is 10.1. The highest BCUT2D eigenvalue weighted by atomic mass is 19.1. The molecular formula is C12H10FN5O2. The molecule has 0 saturated heterocycles. The van der Waals surface area contributed by atoms with Crippen molar-refractivity contribution in [1.29, 1.82) is 0 Å². The number of nitrogens with one attached hydrogen (secondary N) is 1. The number of nitrogens with zero attached hydrogens (tertiary/aromatic N) is 3. The lowest BCUT2D eigenvalue weighted by Crippen LogP contribution is -2.19. The largest absolute Gasteiger partial charge is 0.409 e. The Bertz CT molecular complexity index is 660. The van der Waals surface area contributed by atoms with Gasteiger partial charge in [0.05, 0.1) is 11.3 Å². The lowest BCUT2D eigenvalue weighted by atomic mass is 10.1. The fraction of sp³-hybridized carbons (Fsp3) is 0. The minimum atomic E-state index is -0.576. The van der Waals surface area contributed by atoms with Crippen LogP contribution in [0, 0.1) is 5.82 Å². The Morgan fingerprint density at radius 1 is 1.35 bits per heavy atom. The number of amides is 1. The Labute approximate surface area is 113 Å². The van der Waals surface area contributed by atoms with Crippen LogP contribution >= 0.6 is 0 Å². The summed E-state index contributed by atoms with van der Waals surface area (Å²) in [5.74, 6) is -1.39. The first-order valence-corrected chi connectivity index (χ1v) is 5.45. The number of rotatable bonds is 3. The highest BCUT2D eigenvalue weighted by molar-refractivity contribution is 6.09. The van der Waals surface area contributed by atoms with Crippen LogP contribution in [0.4, 0.5) is 10.1 Å². The van der Waals surface area contributed by atoms with Crippen LogP contribution in [0.15, 0.2) is 42.1 Å². The van der Waals surface area contributed by atoms with Gasteiger partial charge in [0.15, 0.2) is 5.84 Å². The summed E-state index contributed by atoms with van der Waals surface area (Å²) in [6, 6.07) is 3.50. The van der Waals surface area contributed by atoms with Gasteiger partial charge in [0.2, 0.25) is 0 Å².